The fraction of sp³-hybridized carbons (Fsp3) is 0.0909. The summed E-state index contributed by atoms with van der Waals surface area (Å²) in [6.45, 7) is 0. The Hall–Kier alpha value is -3.65. The number of anilines is 1. The molecule has 3 aromatic rings. The summed E-state index contributed by atoms with van der Waals surface area (Å²) in [7, 11) is -1.15. The first kappa shape index (κ1) is 21.1. The normalized spacial score (nSPS) is 10.9. The van der Waals surface area contributed by atoms with Crippen LogP contribution < -0.4 is 9.04 Å². The molecule has 3 rings (SSSR count). The summed E-state index contributed by atoms with van der Waals surface area (Å²) >= 11 is 0. The summed E-state index contributed by atoms with van der Waals surface area (Å²) in [5.74, 6) is -1.02. The summed E-state index contributed by atoms with van der Waals surface area (Å²) in [6.07, 6.45) is 0. The Balaban J connectivity index is 1.81. The Bertz CT molecular complexity index is 1160. The van der Waals surface area contributed by atoms with Crippen molar-refractivity contribution in [3.05, 3.63) is 90.0 Å². The molecule has 8 heteroatoms. The molecule has 0 saturated carbocycles. The fourth-order valence-electron chi connectivity index (χ4n) is 2.66. The van der Waals surface area contributed by atoms with Crippen LogP contribution in [0.1, 0.15) is 20.7 Å². The molecule has 0 heterocycles. The number of rotatable bonds is 6. The van der Waals surface area contributed by atoms with E-state index in [4.69, 9.17) is 4.74 Å². The van der Waals surface area contributed by atoms with Crippen LogP contribution in [0.5, 0.6) is 5.75 Å². The molecule has 0 fully saturated rings. The molecule has 7 nitrogen and oxygen atoms in total. The molecular formula is C22H19NO6S. The topological polar surface area (TPSA) is 90.0 Å². The minimum atomic E-state index is -3.86. The van der Waals surface area contributed by atoms with Gasteiger partial charge in [-0.2, -0.15) is 0 Å². The first-order chi connectivity index (χ1) is 14.3. The van der Waals surface area contributed by atoms with Crippen LogP contribution in [0.4, 0.5) is 5.69 Å². The van der Waals surface area contributed by atoms with Crippen molar-refractivity contribution in [1.29, 1.82) is 0 Å². The molecule has 0 radical (unpaired) electrons. The zero-order valence-corrected chi connectivity index (χ0v) is 17.1. The van der Waals surface area contributed by atoms with E-state index in [-0.39, 0.29) is 16.2 Å². The number of hydrogen-bond acceptors (Lipinski definition) is 6. The second kappa shape index (κ2) is 8.79. The Kier molecular flexibility index (Phi) is 6.17. The number of hydrogen-bond donors (Lipinski definition) is 0. The van der Waals surface area contributed by atoms with E-state index in [1.807, 2.05) is 0 Å². The molecule has 0 spiro atoms. The van der Waals surface area contributed by atoms with Crippen LogP contribution >= 0.6 is 0 Å². The van der Waals surface area contributed by atoms with Gasteiger partial charge in [-0.05, 0) is 54.6 Å². The Morgan fingerprint density at radius 1 is 0.800 bits per heavy atom. The van der Waals surface area contributed by atoms with Crippen LogP contribution in [0.15, 0.2) is 83.8 Å². The molecule has 0 aliphatic heterocycles. The van der Waals surface area contributed by atoms with Gasteiger partial charge in [-0.25, -0.2) is 18.0 Å². The van der Waals surface area contributed by atoms with Crippen molar-refractivity contribution in [2.24, 2.45) is 0 Å². The Morgan fingerprint density at radius 3 is 2.10 bits per heavy atom. The monoisotopic (exact) mass is 425 g/mol. The van der Waals surface area contributed by atoms with Crippen LogP contribution in [-0.2, 0) is 14.8 Å². The largest absolute Gasteiger partial charge is 0.465 e. The third-order valence-electron chi connectivity index (χ3n) is 4.33. The molecule has 0 saturated heterocycles. The highest BCUT2D eigenvalue weighted by molar-refractivity contribution is 7.92. The van der Waals surface area contributed by atoms with Gasteiger partial charge in [0.2, 0.25) is 0 Å². The molecule has 0 N–H and O–H groups in total. The predicted molar refractivity (Wildman–Crippen MR) is 111 cm³/mol. The molecule has 0 atom stereocenters. The van der Waals surface area contributed by atoms with Gasteiger partial charge in [0.15, 0.2) is 0 Å². The molecule has 0 aliphatic carbocycles. The molecule has 0 amide bonds. The van der Waals surface area contributed by atoms with E-state index in [0.717, 1.165) is 4.31 Å². The fourth-order valence-corrected chi connectivity index (χ4v) is 3.90. The van der Waals surface area contributed by atoms with Gasteiger partial charge in [-0.1, -0.05) is 24.3 Å². The highest BCUT2D eigenvalue weighted by Crippen LogP contribution is 2.23. The smallest absolute Gasteiger partial charge is 0.343 e. The maximum Gasteiger partial charge on any atom is 0.343 e. The molecule has 154 valence electrons. The number of carbonyl (C=O) groups is 2. The van der Waals surface area contributed by atoms with E-state index in [9.17, 15) is 18.0 Å². The Labute approximate surface area is 174 Å². The molecule has 0 aromatic heterocycles. The second-order valence-corrected chi connectivity index (χ2v) is 8.21. The first-order valence-electron chi connectivity index (χ1n) is 8.87. The quantitative estimate of drug-likeness (QED) is 0.443. The number of methoxy groups -OCH3 is 1. The summed E-state index contributed by atoms with van der Waals surface area (Å²) in [4.78, 5) is 23.9. The molecule has 0 bridgehead atoms. The lowest BCUT2D eigenvalue weighted by Crippen LogP contribution is -2.26. The van der Waals surface area contributed by atoms with E-state index in [0.29, 0.717) is 11.3 Å². The molecule has 3 aromatic carbocycles. The van der Waals surface area contributed by atoms with E-state index in [1.54, 1.807) is 30.3 Å². The lowest BCUT2D eigenvalue weighted by atomic mass is 10.2. The highest BCUT2D eigenvalue weighted by Gasteiger charge is 2.22. The van der Waals surface area contributed by atoms with E-state index >= 15 is 0 Å². The minimum absolute atomic E-state index is 0.0376. The van der Waals surface area contributed by atoms with Crippen molar-refractivity contribution in [3.8, 4) is 5.75 Å². The average Bonchev–Trinajstić information content (AvgIpc) is 2.79. The van der Waals surface area contributed by atoms with Gasteiger partial charge in [0.1, 0.15) is 5.75 Å². The lowest BCUT2D eigenvalue weighted by Gasteiger charge is -2.19. The molecular weight excluding hydrogens is 406 g/mol. The highest BCUT2D eigenvalue weighted by atomic mass is 32.2. The third-order valence-corrected chi connectivity index (χ3v) is 6.12. The van der Waals surface area contributed by atoms with Gasteiger partial charge in [0.05, 0.1) is 28.8 Å². The average molecular weight is 425 g/mol. The van der Waals surface area contributed by atoms with Crippen molar-refractivity contribution in [2.45, 2.75) is 4.90 Å². The lowest BCUT2D eigenvalue weighted by molar-refractivity contribution is 0.0600. The maximum atomic E-state index is 12.9. The van der Waals surface area contributed by atoms with E-state index < -0.39 is 22.0 Å². The summed E-state index contributed by atoms with van der Waals surface area (Å²) in [5, 5.41) is 0. The van der Waals surface area contributed by atoms with Crippen molar-refractivity contribution < 1.29 is 27.5 Å². The summed E-state index contributed by atoms with van der Waals surface area (Å²) < 4.78 is 36.9. The van der Waals surface area contributed by atoms with Crippen molar-refractivity contribution in [1.82, 2.24) is 0 Å². The van der Waals surface area contributed by atoms with Gasteiger partial charge in [0.25, 0.3) is 10.0 Å². The van der Waals surface area contributed by atoms with E-state index in [1.165, 1.54) is 62.7 Å². The molecule has 0 unspecified atom stereocenters. The number of para-hydroxylation sites is 1. The maximum absolute atomic E-state index is 12.9. The molecule has 30 heavy (non-hydrogen) atoms. The van der Waals surface area contributed by atoms with E-state index in [2.05, 4.69) is 4.74 Å². The van der Waals surface area contributed by atoms with Crippen LogP contribution in [0.3, 0.4) is 0 Å². The third kappa shape index (κ3) is 4.49. The van der Waals surface area contributed by atoms with Crippen LogP contribution in [0.2, 0.25) is 0 Å². The number of nitrogens with zero attached hydrogens (tertiary/aromatic N) is 1. The van der Waals surface area contributed by atoms with Crippen molar-refractivity contribution >= 4 is 27.6 Å². The van der Waals surface area contributed by atoms with Gasteiger partial charge >= 0.3 is 11.9 Å². The SMILES string of the molecule is COC(=O)c1ccc(OC(=O)c2cccc(S(=O)(=O)N(C)c3ccccc3)c2)cc1. The number of ether oxygens (including phenoxy) is 2. The zero-order chi connectivity index (χ0) is 21.7. The van der Waals surface area contributed by atoms with Gasteiger partial charge in [0, 0.05) is 7.05 Å². The zero-order valence-electron chi connectivity index (χ0n) is 16.3. The predicted octanol–water partition coefficient (Wildman–Crippen LogP) is 3.52. The molecule has 0 aliphatic rings. The van der Waals surface area contributed by atoms with Crippen molar-refractivity contribution in [3.63, 3.8) is 0 Å². The summed E-state index contributed by atoms with van der Waals surface area (Å²) in [5.41, 5.74) is 0.889. The Morgan fingerprint density at radius 2 is 1.47 bits per heavy atom. The van der Waals surface area contributed by atoms with Crippen molar-refractivity contribution in [2.75, 3.05) is 18.5 Å². The standard InChI is InChI=1S/C22H19NO6S/c1-23(18-8-4-3-5-9-18)30(26,27)20-10-6-7-17(15-20)22(25)29-19-13-11-16(12-14-19)21(24)28-2/h3-15H,1-2H3. The number of carbonyl (C=O) groups excluding carboxylic acids is 2. The van der Waals surface area contributed by atoms with Gasteiger partial charge < -0.3 is 9.47 Å². The first-order valence-corrected chi connectivity index (χ1v) is 10.3. The number of esters is 2. The van der Waals surface area contributed by atoms with Gasteiger partial charge in [-0.15, -0.1) is 0 Å². The number of benzene rings is 3. The van der Waals surface area contributed by atoms with Crippen LogP contribution in [-0.4, -0.2) is 34.5 Å². The van der Waals surface area contributed by atoms with Crippen LogP contribution in [0, 0.1) is 0 Å². The van der Waals surface area contributed by atoms with Crippen LogP contribution in [0.25, 0.3) is 0 Å². The summed E-state index contributed by atoms with van der Waals surface area (Å²) in [6, 6.07) is 20.1. The van der Waals surface area contributed by atoms with Gasteiger partial charge in [-0.3, -0.25) is 4.31 Å². The minimum Gasteiger partial charge on any atom is -0.465 e. The second-order valence-electron chi connectivity index (χ2n) is 6.24. The number of sulfonamides is 1.